The zero-order valence-electron chi connectivity index (χ0n) is 4.08. The summed E-state index contributed by atoms with van der Waals surface area (Å²) in [4.78, 5) is 0. The quantitative estimate of drug-likeness (QED) is 0.412. The summed E-state index contributed by atoms with van der Waals surface area (Å²) in [7, 11) is 1.95. The molecule has 0 aliphatic carbocycles. The van der Waals surface area contributed by atoms with Crippen molar-refractivity contribution >= 4 is 7.98 Å². The Morgan fingerprint density at radius 3 is 1.80 bits per heavy atom. The Kier molecular flexibility index (Phi) is 2.28. The third kappa shape index (κ3) is 4.02. The van der Waals surface area contributed by atoms with Crippen molar-refractivity contribution in [3.8, 4) is 0 Å². The van der Waals surface area contributed by atoms with E-state index < -0.39 is 0 Å². The summed E-state index contributed by atoms with van der Waals surface area (Å²) in [5.74, 6) is 0. The second kappa shape index (κ2) is 2.27. The van der Waals surface area contributed by atoms with Crippen molar-refractivity contribution in [2.45, 2.75) is 19.9 Å². The lowest BCUT2D eigenvalue weighted by molar-refractivity contribution is 0.761. The normalized spacial score (nSPS) is 9.40. The summed E-state index contributed by atoms with van der Waals surface area (Å²) in [5.41, 5.74) is 0. The van der Waals surface area contributed by atoms with E-state index in [0.717, 1.165) is 0 Å². The number of hydrogen-bond donors (Lipinski definition) is 1. The van der Waals surface area contributed by atoms with Crippen LogP contribution in [-0.4, -0.2) is 14.0 Å². The lowest BCUT2D eigenvalue weighted by Gasteiger charge is -1.95. The van der Waals surface area contributed by atoms with Crippen LogP contribution in [0, 0.1) is 0 Å². The fourth-order valence-electron chi connectivity index (χ4n) is 0. The largest absolute Gasteiger partial charge is 0.360 e. The molecule has 0 atom stereocenters. The van der Waals surface area contributed by atoms with Crippen molar-refractivity contribution < 1.29 is 0 Å². The molecule has 5 heavy (non-hydrogen) atoms. The fourth-order valence-corrected chi connectivity index (χ4v) is 0. The van der Waals surface area contributed by atoms with Crippen LogP contribution >= 0.6 is 0 Å². The van der Waals surface area contributed by atoms with E-state index in [1.165, 1.54) is 0 Å². The van der Waals surface area contributed by atoms with Crippen LogP contribution in [0.1, 0.15) is 13.8 Å². The Labute approximate surface area is 34.2 Å². The highest BCUT2D eigenvalue weighted by Crippen LogP contribution is 1.66. The minimum Gasteiger partial charge on any atom is -0.360 e. The van der Waals surface area contributed by atoms with Crippen LogP contribution in [0.5, 0.6) is 0 Å². The van der Waals surface area contributed by atoms with Gasteiger partial charge in [-0.2, -0.15) is 0 Å². The average Bonchev–Trinajstić information content (AvgIpc) is 1.38. The topological polar surface area (TPSA) is 12.0 Å². The van der Waals surface area contributed by atoms with Crippen molar-refractivity contribution in [1.82, 2.24) is 5.23 Å². The van der Waals surface area contributed by atoms with E-state index >= 15 is 0 Å². The molecule has 0 radical (unpaired) electrons. The Hall–Kier alpha value is 0.0249. The van der Waals surface area contributed by atoms with E-state index in [9.17, 15) is 0 Å². The maximum absolute atomic E-state index is 3.03. The van der Waals surface area contributed by atoms with E-state index in [1.54, 1.807) is 0 Å². The van der Waals surface area contributed by atoms with Gasteiger partial charge in [0, 0.05) is 0 Å². The van der Waals surface area contributed by atoms with Gasteiger partial charge in [-0.05, 0) is 6.04 Å². The van der Waals surface area contributed by atoms with Gasteiger partial charge in [0.05, 0.1) is 0 Å². The van der Waals surface area contributed by atoms with Crippen LogP contribution in [0.4, 0.5) is 0 Å². The van der Waals surface area contributed by atoms with E-state index in [2.05, 4.69) is 19.1 Å². The molecule has 0 saturated heterocycles. The highest BCUT2D eigenvalue weighted by Gasteiger charge is 1.77. The number of rotatable bonds is 1. The summed E-state index contributed by atoms with van der Waals surface area (Å²) in [6, 6.07) is 0.634. The zero-order valence-corrected chi connectivity index (χ0v) is 4.08. The molecule has 0 unspecified atom stereocenters. The molecule has 0 bridgehead atoms. The van der Waals surface area contributed by atoms with Crippen LogP contribution in [0.25, 0.3) is 0 Å². The molecule has 0 amide bonds. The van der Waals surface area contributed by atoms with E-state index in [0.29, 0.717) is 6.04 Å². The van der Waals surface area contributed by atoms with Crippen LogP contribution in [-0.2, 0) is 0 Å². The van der Waals surface area contributed by atoms with Crippen LogP contribution in [0.3, 0.4) is 0 Å². The fraction of sp³-hybridized carbons (Fsp3) is 1.00. The average molecular weight is 70.9 g/mol. The first-order valence-electron chi connectivity index (χ1n) is 1.94. The summed E-state index contributed by atoms with van der Waals surface area (Å²) >= 11 is 0. The van der Waals surface area contributed by atoms with Gasteiger partial charge < -0.3 is 5.23 Å². The highest BCUT2D eigenvalue weighted by atomic mass is 14.8. The first-order chi connectivity index (χ1) is 2.27. The molecule has 0 fully saturated rings. The standard InChI is InChI=1S/C3H10BN/c1-3(2)5-4/h3,5H,4H2,1-2H3. The number of hydrogen-bond acceptors (Lipinski definition) is 1. The zero-order chi connectivity index (χ0) is 4.28. The summed E-state index contributed by atoms with van der Waals surface area (Å²) < 4.78 is 0. The van der Waals surface area contributed by atoms with Crippen molar-refractivity contribution in [2.75, 3.05) is 0 Å². The van der Waals surface area contributed by atoms with Gasteiger partial charge in [0.1, 0.15) is 0 Å². The maximum Gasteiger partial charge on any atom is 0.182 e. The van der Waals surface area contributed by atoms with E-state index in [-0.39, 0.29) is 0 Å². The molecule has 1 nitrogen and oxygen atoms in total. The van der Waals surface area contributed by atoms with Gasteiger partial charge in [-0.3, -0.25) is 0 Å². The van der Waals surface area contributed by atoms with Gasteiger partial charge in [0.15, 0.2) is 7.98 Å². The molecule has 0 aromatic rings. The van der Waals surface area contributed by atoms with E-state index in [4.69, 9.17) is 0 Å². The molecule has 0 aliphatic heterocycles. The van der Waals surface area contributed by atoms with Crippen molar-refractivity contribution in [3.63, 3.8) is 0 Å². The van der Waals surface area contributed by atoms with Gasteiger partial charge in [0.2, 0.25) is 0 Å². The summed E-state index contributed by atoms with van der Waals surface area (Å²) in [6.45, 7) is 4.22. The smallest absolute Gasteiger partial charge is 0.182 e. The number of nitrogens with one attached hydrogen (secondary N) is 1. The van der Waals surface area contributed by atoms with Crippen LogP contribution < -0.4 is 5.23 Å². The summed E-state index contributed by atoms with van der Waals surface area (Å²) in [6.07, 6.45) is 0. The molecule has 0 spiro atoms. The van der Waals surface area contributed by atoms with Gasteiger partial charge in [-0.25, -0.2) is 0 Å². The first kappa shape index (κ1) is 5.02. The molecule has 1 N–H and O–H groups in total. The SMILES string of the molecule is BNC(C)C. The lowest BCUT2D eigenvalue weighted by atomic mass is 10.3. The predicted octanol–water partition coefficient (Wildman–Crippen LogP) is -0.468. The van der Waals surface area contributed by atoms with Crippen LogP contribution in [0.15, 0.2) is 0 Å². The summed E-state index contributed by atoms with van der Waals surface area (Å²) in [5, 5.41) is 3.03. The van der Waals surface area contributed by atoms with Gasteiger partial charge in [-0.15, -0.1) is 0 Å². The second-order valence-corrected chi connectivity index (χ2v) is 1.44. The van der Waals surface area contributed by atoms with Gasteiger partial charge in [0.25, 0.3) is 0 Å². The lowest BCUT2D eigenvalue weighted by Crippen LogP contribution is -2.17. The minimum atomic E-state index is 0.634. The third-order valence-electron chi connectivity index (χ3n) is 0.577. The van der Waals surface area contributed by atoms with Crippen molar-refractivity contribution in [3.05, 3.63) is 0 Å². The molecule has 30 valence electrons. The molecule has 0 aliphatic rings. The molecule has 0 aromatic heterocycles. The first-order valence-corrected chi connectivity index (χ1v) is 1.94. The van der Waals surface area contributed by atoms with Gasteiger partial charge in [-0.1, -0.05) is 13.8 Å². The second-order valence-electron chi connectivity index (χ2n) is 1.44. The Morgan fingerprint density at radius 1 is 1.60 bits per heavy atom. The highest BCUT2D eigenvalue weighted by molar-refractivity contribution is 6.04. The maximum atomic E-state index is 3.03. The Bertz CT molecular complexity index is 20.9. The van der Waals surface area contributed by atoms with Crippen molar-refractivity contribution in [1.29, 1.82) is 0 Å². The van der Waals surface area contributed by atoms with E-state index in [1.807, 2.05) is 7.98 Å². The molecule has 0 rings (SSSR count). The molecule has 0 saturated carbocycles. The van der Waals surface area contributed by atoms with Crippen molar-refractivity contribution in [2.24, 2.45) is 0 Å². The molecule has 0 heterocycles. The minimum absolute atomic E-state index is 0.634. The molecular formula is C3H10BN. The predicted molar refractivity (Wildman–Crippen MR) is 26.8 cm³/mol. The molecular weight excluding hydrogens is 60.9 g/mol. The molecule has 2 heteroatoms. The Balaban J connectivity index is 2.54. The monoisotopic (exact) mass is 71.1 g/mol. The third-order valence-corrected chi connectivity index (χ3v) is 0.577. The van der Waals surface area contributed by atoms with Crippen LogP contribution in [0.2, 0.25) is 0 Å². The van der Waals surface area contributed by atoms with Gasteiger partial charge >= 0.3 is 0 Å². The Morgan fingerprint density at radius 2 is 1.80 bits per heavy atom. The molecule has 0 aromatic carbocycles.